The van der Waals surface area contributed by atoms with Gasteiger partial charge in [-0.15, -0.1) is 0 Å². The summed E-state index contributed by atoms with van der Waals surface area (Å²) in [4.78, 5) is 20.2. The predicted octanol–water partition coefficient (Wildman–Crippen LogP) is 6.28. The van der Waals surface area contributed by atoms with Gasteiger partial charge in [-0.1, -0.05) is 37.4 Å². The molecule has 0 radical (unpaired) electrons. The molecule has 1 N–H and O–H groups in total. The van der Waals surface area contributed by atoms with Gasteiger partial charge in [0.1, 0.15) is 11.6 Å². The minimum atomic E-state index is -1.14. The number of aromatic nitrogens is 3. The summed E-state index contributed by atoms with van der Waals surface area (Å²) in [5.74, 6) is 0.579. The van der Waals surface area contributed by atoms with Gasteiger partial charge >= 0.3 is 5.97 Å². The summed E-state index contributed by atoms with van der Waals surface area (Å²) in [6.45, 7) is 6.93. The molecular weight excluding hydrogens is 442 g/mol. The molecule has 2 aromatic carbocycles. The van der Waals surface area contributed by atoms with E-state index < -0.39 is 5.97 Å². The molecule has 0 amide bonds. The van der Waals surface area contributed by atoms with Crippen molar-refractivity contribution in [1.82, 2.24) is 14.5 Å². The zero-order chi connectivity index (χ0) is 23.5. The number of carboxylic acid groups (broad SMARTS) is 1. The number of fused-ring (bicyclic) bond motifs is 1. The number of imidazole rings is 1. The van der Waals surface area contributed by atoms with Crippen LogP contribution in [0.1, 0.15) is 53.8 Å². The smallest absolute Gasteiger partial charge is 0.373 e. The fourth-order valence-corrected chi connectivity index (χ4v) is 3.98. The van der Waals surface area contributed by atoms with Crippen LogP contribution in [0.3, 0.4) is 0 Å². The van der Waals surface area contributed by atoms with Crippen molar-refractivity contribution < 1.29 is 19.1 Å². The van der Waals surface area contributed by atoms with E-state index in [2.05, 4.69) is 21.5 Å². The van der Waals surface area contributed by atoms with E-state index in [-0.39, 0.29) is 11.7 Å². The van der Waals surface area contributed by atoms with Crippen molar-refractivity contribution in [3.05, 3.63) is 64.3 Å². The Morgan fingerprint density at radius 3 is 2.67 bits per heavy atom. The summed E-state index contributed by atoms with van der Waals surface area (Å²) in [7, 11) is 0. The average Bonchev–Trinajstić information content (AvgIpc) is 3.32. The third-order valence-electron chi connectivity index (χ3n) is 5.55. The van der Waals surface area contributed by atoms with Crippen molar-refractivity contribution in [2.75, 3.05) is 6.61 Å². The summed E-state index contributed by atoms with van der Waals surface area (Å²) in [6.07, 6.45) is 3.32. The molecule has 0 aliphatic heterocycles. The number of carboxylic acids is 1. The lowest BCUT2D eigenvalue weighted by Crippen LogP contribution is -2.03. The highest BCUT2D eigenvalue weighted by atomic mass is 35.5. The van der Waals surface area contributed by atoms with Crippen molar-refractivity contribution in [3.63, 3.8) is 0 Å². The van der Waals surface area contributed by atoms with Gasteiger partial charge in [0, 0.05) is 10.6 Å². The lowest BCUT2D eigenvalue weighted by Gasteiger charge is -2.12. The van der Waals surface area contributed by atoms with Gasteiger partial charge in [-0.3, -0.25) is 0 Å². The molecule has 33 heavy (non-hydrogen) atoms. The van der Waals surface area contributed by atoms with Crippen LogP contribution in [0.2, 0.25) is 5.02 Å². The Labute approximate surface area is 197 Å². The van der Waals surface area contributed by atoms with Crippen LogP contribution in [0.15, 0.2) is 40.8 Å². The summed E-state index contributed by atoms with van der Waals surface area (Å²) in [5.41, 5.74) is 3.68. The number of hydrogen-bond donors (Lipinski definition) is 1. The zero-order valence-corrected chi connectivity index (χ0v) is 19.6. The highest BCUT2D eigenvalue weighted by Crippen LogP contribution is 2.29. The number of oxazole rings is 1. The summed E-state index contributed by atoms with van der Waals surface area (Å²) < 4.78 is 13.3. The number of rotatable bonds is 9. The van der Waals surface area contributed by atoms with Crippen LogP contribution in [0.5, 0.6) is 5.75 Å². The average molecular weight is 468 g/mol. The quantitative estimate of drug-likeness (QED) is 0.291. The Balaban J connectivity index is 1.62. The molecule has 0 spiro atoms. The Morgan fingerprint density at radius 2 is 1.97 bits per heavy atom. The first-order valence-electron chi connectivity index (χ1n) is 11.0. The normalized spacial score (nSPS) is 11.3. The number of ether oxygens (including phenoxy) is 1. The highest BCUT2D eigenvalue weighted by molar-refractivity contribution is 6.31. The number of unbranched alkanes of at least 4 members (excludes halogenated alkanes) is 2. The number of carbonyl (C=O) groups is 1. The molecule has 0 saturated carbocycles. The molecule has 8 heteroatoms. The van der Waals surface area contributed by atoms with Crippen molar-refractivity contribution in [1.29, 1.82) is 0 Å². The molecule has 0 saturated heterocycles. The Hall–Kier alpha value is -3.32. The van der Waals surface area contributed by atoms with E-state index in [4.69, 9.17) is 20.8 Å². The van der Waals surface area contributed by atoms with Crippen molar-refractivity contribution >= 4 is 28.6 Å². The molecule has 2 heterocycles. The first-order valence-corrected chi connectivity index (χ1v) is 11.3. The van der Waals surface area contributed by atoms with E-state index in [0.717, 1.165) is 47.4 Å². The van der Waals surface area contributed by atoms with E-state index in [1.165, 1.54) is 0 Å². The van der Waals surface area contributed by atoms with Gasteiger partial charge in [-0.05, 0) is 56.2 Å². The number of nitrogens with zero attached hydrogens (tertiary/aromatic N) is 3. The Bertz CT molecular complexity index is 1310. The third kappa shape index (κ3) is 4.88. The molecule has 0 fully saturated rings. The standard InChI is InChI=1S/C25H26ClN3O4/c1-4-5-6-11-32-19-9-7-18(20(26)13-19)14-29-16(3)28-21-10-8-17(12-22(21)29)24-27-15(2)23(33-24)25(30)31/h7-10,12-13H,4-6,11,14H2,1-3H3,(H,30,31). The molecule has 0 aliphatic carbocycles. The number of halogens is 1. The molecule has 0 atom stereocenters. The molecule has 0 aliphatic rings. The molecule has 0 unspecified atom stereocenters. The van der Waals surface area contributed by atoms with Crippen LogP contribution in [-0.2, 0) is 6.54 Å². The van der Waals surface area contributed by atoms with Crippen molar-refractivity contribution in [2.45, 2.75) is 46.6 Å². The van der Waals surface area contributed by atoms with Gasteiger partial charge in [0.2, 0.25) is 11.7 Å². The fraction of sp³-hybridized carbons (Fsp3) is 0.320. The Kier molecular flexibility index (Phi) is 6.70. The molecule has 4 rings (SSSR count). The number of aryl methyl sites for hydroxylation is 2. The first-order chi connectivity index (χ1) is 15.9. The lowest BCUT2D eigenvalue weighted by molar-refractivity contribution is 0.0662. The maximum absolute atomic E-state index is 11.3. The van der Waals surface area contributed by atoms with Crippen molar-refractivity contribution in [2.24, 2.45) is 0 Å². The second-order valence-electron chi connectivity index (χ2n) is 8.00. The minimum absolute atomic E-state index is 0.154. The molecule has 7 nitrogen and oxygen atoms in total. The predicted molar refractivity (Wildman–Crippen MR) is 127 cm³/mol. The van der Waals surface area contributed by atoms with Crippen LogP contribution in [0.4, 0.5) is 0 Å². The van der Waals surface area contributed by atoms with E-state index in [1.54, 1.807) is 6.92 Å². The molecule has 4 aromatic rings. The van der Waals surface area contributed by atoms with Gasteiger partial charge in [-0.25, -0.2) is 14.8 Å². The molecule has 172 valence electrons. The topological polar surface area (TPSA) is 90.4 Å². The van der Waals surface area contributed by atoms with Gasteiger partial charge in [0.05, 0.1) is 29.9 Å². The van der Waals surface area contributed by atoms with E-state index in [0.29, 0.717) is 29.4 Å². The fourth-order valence-electron chi connectivity index (χ4n) is 3.75. The monoisotopic (exact) mass is 467 g/mol. The number of hydrogen-bond acceptors (Lipinski definition) is 5. The highest BCUT2D eigenvalue weighted by Gasteiger charge is 2.18. The molecular formula is C25H26ClN3O4. The van der Waals surface area contributed by atoms with E-state index >= 15 is 0 Å². The number of benzene rings is 2. The second-order valence-corrected chi connectivity index (χ2v) is 8.40. The maximum Gasteiger partial charge on any atom is 0.373 e. The molecule has 2 aromatic heterocycles. The largest absolute Gasteiger partial charge is 0.494 e. The zero-order valence-electron chi connectivity index (χ0n) is 18.9. The van der Waals surface area contributed by atoms with Crippen LogP contribution < -0.4 is 4.74 Å². The third-order valence-corrected chi connectivity index (χ3v) is 5.90. The summed E-state index contributed by atoms with van der Waals surface area (Å²) in [6, 6.07) is 11.4. The van der Waals surface area contributed by atoms with E-state index in [1.807, 2.05) is 43.3 Å². The second kappa shape index (κ2) is 9.67. The van der Waals surface area contributed by atoms with Crippen LogP contribution in [0.25, 0.3) is 22.5 Å². The van der Waals surface area contributed by atoms with Crippen LogP contribution in [0, 0.1) is 13.8 Å². The van der Waals surface area contributed by atoms with Crippen LogP contribution in [-0.4, -0.2) is 32.2 Å². The van der Waals surface area contributed by atoms with Gasteiger partial charge in [0.15, 0.2) is 0 Å². The minimum Gasteiger partial charge on any atom is -0.494 e. The summed E-state index contributed by atoms with van der Waals surface area (Å²) >= 11 is 6.57. The maximum atomic E-state index is 11.3. The lowest BCUT2D eigenvalue weighted by atomic mass is 10.1. The van der Waals surface area contributed by atoms with Gasteiger partial charge in [-0.2, -0.15) is 0 Å². The Morgan fingerprint density at radius 1 is 1.15 bits per heavy atom. The van der Waals surface area contributed by atoms with Gasteiger partial charge < -0.3 is 18.8 Å². The van der Waals surface area contributed by atoms with E-state index in [9.17, 15) is 9.90 Å². The molecule has 0 bridgehead atoms. The summed E-state index contributed by atoms with van der Waals surface area (Å²) in [5, 5.41) is 9.89. The SMILES string of the molecule is CCCCCOc1ccc(Cn2c(C)nc3ccc(-c4nc(C)c(C(=O)O)o4)cc32)c(Cl)c1. The number of aromatic carboxylic acids is 1. The van der Waals surface area contributed by atoms with Crippen LogP contribution >= 0.6 is 11.6 Å². The first kappa shape index (κ1) is 22.9. The van der Waals surface area contributed by atoms with Crippen molar-refractivity contribution in [3.8, 4) is 17.2 Å². The van der Waals surface area contributed by atoms with Gasteiger partial charge in [0.25, 0.3) is 0 Å².